The van der Waals surface area contributed by atoms with Crippen LogP contribution in [0.1, 0.15) is 10.4 Å². The number of hydrogen-bond acceptors (Lipinski definition) is 3. The molecule has 0 spiro atoms. The average Bonchev–Trinajstić information content (AvgIpc) is 3.19. The fraction of sp³-hybridized carbons (Fsp3) is 0.0833. The molecule has 0 atom stereocenters. The minimum absolute atomic E-state index is 0.0550. The van der Waals surface area contributed by atoms with E-state index in [0.29, 0.717) is 17.0 Å². The van der Waals surface area contributed by atoms with E-state index in [0.717, 1.165) is 16.7 Å². The Kier molecular flexibility index (Phi) is 5.48. The third-order valence-corrected chi connectivity index (χ3v) is 4.66. The number of hydrogen-bond donors (Lipinski definition) is 2. The van der Waals surface area contributed by atoms with Crippen LogP contribution in [0.3, 0.4) is 0 Å². The van der Waals surface area contributed by atoms with E-state index in [-0.39, 0.29) is 18.4 Å². The van der Waals surface area contributed by atoms with Gasteiger partial charge in [0.15, 0.2) is 0 Å². The first kappa shape index (κ1) is 19.3. The van der Waals surface area contributed by atoms with Crippen LogP contribution < -0.4 is 10.1 Å². The van der Waals surface area contributed by atoms with Gasteiger partial charge in [0.1, 0.15) is 11.5 Å². The van der Waals surface area contributed by atoms with Crippen LogP contribution in [0.25, 0.3) is 10.9 Å². The number of rotatable bonds is 6. The molecule has 150 valence electrons. The molecule has 3 aromatic carbocycles. The van der Waals surface area contributed by atoms with Gasteiger partial charge in [-0.25, -0.2) is 0 Å². The fourth-order valence-corrected chi connectivity index (χ4v) is 3.17. The highest BCUT2D eigenvalue weighted by Crippen LogP contribution is 2.23. The zero-order chi connectivity index (χ0) is 20.9. The molecule has 0 saturated carbocycles. The molecule has 0 aliphatic heterocycles. The predicted molar refractivity (Wildman–Crippen MR) is 117 cm³/mol. The number of para-hydroxylation sites is 2. The van der Waals surface area contributed by atoms with Gasteiger partial charge in [0.05, 0.1) is 12.1 Å². The van der Waals surface area contributed by atoms with E-state index in [2.05, 4.69) is 10.3 Å². The summed E-state index contributed by atoms with van der Waals surface area (Å²) >= 11 is 0. The smallest absolute Gasteiger partial charge is 0.256 e. The van der Waals surface area contributed by atoms with Crippen LogP contribution in [-0.4, -0.2) is 35.3 Å². The Hall–Kier alpha value is -4.06. The van der Waals surface area contributed by atoms with Crippen LogP contribution in [0.4, 0.5) is 5.69 Å². The molecule has 0 aliphatic rings. The molecule has 0 unspecified atom stereocenters. The summed E-state index contributed by atoms with van der Waals surface area (Å²) in [7, 11) is 1.61. The monoisotopic (exact) mass is 399 g/mol. The summed E-state index contributed by atoms with van der Waals surface area (Å²) in [6.07, 6.45) is 1.67. The number of likely N-dealkylation sites (N-methyl/N-ethyl adjacent to an activating group) is 1. The number of fused-ring (bicyclic) bond motifs is 1. The maximum absolute atomic E-state index is 12.7. The van der Waals surface area contributed by atoms with Crippen LogP contribution in [-0.2, 0) is 4.79 Å². The quantitative estimate of drug-likeness (QED) is 0.495. The van der Waals surface area contributed by atoms with Crippen molar-refractivity contribution < 1.29 is 14.3 Å². The van der Waals surface area contributed by atoms with Gasteiger partial charge in [-0.05, 0) is 42.5 Å². The molecule has 4 rings (SSSR count). The third-order valence-electron chi connectivity index (χ3n) is 4.66. The Morgan fingerprint density at radius 3 is 2.33 bits per heavy atom. The number of benzene rings is 3. The van der Waals surface area contributed by atoms with Crippen molar-refractivity contribution in [1.29, 1.82) is 0 Å². The van der Waals surface area contributed by atoms with Gasteiger partial charge in [-0.2, -0.15) is 0 Å². The van der Waals surface area contributed by atoms with Crippen molar-refractivity contribution in [3.63, 3.8) is 0 Å². The van der Waals surface area contributed by atoms with Crippen LogP contribution in [0, 0.1) is 0 Å². The summed E-state index contributed by atoms with van der Waals surface area (Å²) in [5.41, 5.74) is 2.06. The number of ether oxygens (including phenoxy) is 1. The number of amides is 2. The molecule has 1 heterocycles. The summed E-state index contributed by atoms with van der Waals surface area (Å²) in [6, 6.07) is 24.1. The van der Waals surface area contributed by atoms with Gasteiger partial charge in [-0.15, -0.1) is 0 Å². The average molecular weight is 399 g/mol. The van der Waals surface area contributed by atoms with E-state index < -0.39 is 0 Å². The molecule has 4 aromatic rings. The van der Waals surface area contributed by atoms with E-state index >= 15 is 0 Å². The SMILES string of the molecule is CN(CC(=O)Nc1ccc(Oc2ccccc2)cc1)C(=O)c1c[nH]c2ccccc12. The first-order valence-electron chi connectivity index (χ1n) is 9.54. The van der Waals surface area contributed by atoms with Gasteiger partial charge in [0.2, 0.25) is 5.91 Å². The van der Waals surface area contributed by atoms with Crippen LogP contribution in [0.2, 0.25) is 0 Å². The van der Waals surface area contributed by atoms with Crippen LogP contribution in [0.5, 0.6) is 11.5 Å². The summed E-state index contributed by atoms with van der Waals surface area (Å²) in [6.45, 7) is -0.0550. The number of nitrogens with one attached hydrogen (secondary N) is 2. The Morgan fingerprint density at radius 2 is 1.57 bits per heavy atom. The van der Waals surface area contributed by atoms with Gasteiger partial charge in [-0.1, -0.05) is 36.4 Å². The van der Waals surface area contributed by atoms with Gasteiger partial charge >= 0.3 is 0 Å². The first-order valence-corrected chi connectivity index (χ1v) is 9.54. The summed E-state index contributed by atoms with van der Waals surface area (Å²) in [5.74, 6) is 0.925. The molecular weight excluding hydrogens is 378 g/mol. The van der Waals surface area contributed by atoms with Crippen molar-refractivity contribution in [3.05, 3.63) is 90.6 Å². The maximum atomic E-state index is 12.7. The summed E-state index contributed by atoms with van der Waals surface area (Å²) in [4.78, 5) is 29.6. The van der Waals surface area contributed by atoms with Crippen molar-refractivity contribution in [1.82, 2.24) is 9.88 Å². The number of carbonyl (C=O) groups excluding carboxylic acids is 2. The second-order valence-corrected chi connectivity index (χ2v) is 6.90. The Labute approximate surface area is 174 Å². The van der Waals surface area contributed by atoms with Gasteiger partial charge in [-0.3, -0.25) is 9.59 Å². The second-order valence-electron chi connectivity index (χ2n) is 6.90. The number of H-pyrrole nitrogens is 1. The minimum Gasteiger partial charge on any atom is -0.457 e. The van der Waals surface area contributed by atoms with Crippen LogP contribution in [0.15, 0.2) is 85.1 Å². The molecule has 0 saturated heterocycles. The van der Waals surface area contributed by atoms with Crippen molar-refractivity contribution >= 4 is 28.4 Å². The van der Waals surface area contributed by atoms with Gasteiger partial charge < -0.3 is 19.9 Å². The fourth-order valence-electron chi connectivity index (χ4n) is 3.17. The number of aromatic amines is 1. The van der Waals surface area contributed by atoms with Crippen LogP contribution >= 0.6 is 0 Å². The van der Waals surface area contributed by atoms with E-state index in [4.69, 9.17) is 4.74 Å². The molecule has 0 bridgehead atoms. The number of anilines is 1. The number of aromatic nitrogens is 1. The van der Waals surface area contributed by atoms with Gasteiger partial charge in [0, 0.05) is 29.8 Å². The lowest BCUT2D eigenvalue weighted by molar-refractivity contribution is -0.116. The maximum Gasteiger partial charge on any atom is 0.256 e. The lowest BCUT2D eigenvalue weighted by Crippen LogP contribution is -2.34. The zero-order valence-electron chi connectivity index (χ0n) is 16.5. The minimum atomic E-state index is -0.276. The highest BCUT2D eigenvalue weighted by atomic mass is 16.5. The molecule has 6 nitrogen and oxygen atoms in total. The largest absolute Gasteiger partial charge is 0.457 e. The van der Waals surface area contributed by atoms with Crippen molar-refractivity contribution in [2.24, 2.45) is 0 Å². The molecule has 0 fully saturated rings. The highest BCUT2D eigenvalue weighted by molar-refractivity contribution is 6.08. The molecule has 30 heavy (non-hydrogen) atoms. The molecular formula is C24H21N3O3. The molecule has 0 radical (unpaired) electrons. The summed E-state index contributed by atoms with van der Waals surface area (Å²) in [5, 5.41) is 3.64. The Morgan fingerprint density at radius 1 is 0.900 bits per heavy atom. The Balaban J connectivity index is 1.35. The van der Waals surface area contributed by atoms with E-state index in [1.54, 1.807) is 37.5 Å². The van der Waals surface area contributed by atoms with E-state index in [9.17, 15) is 9.59 Å². The molecule has 2 amide bonds. The zero-order valence-corrected chi connectivity index (χ0v) is 16.5. The second kappa shape index (κ2) is 8.53. The van der Waals surface area contributed by atoms with Gasteiger partial charge in [0.25, 0.3) is 5.91 Å². The predicted octanol–water partition coefficient (Wildman–Crippen LogP) is 4.67. The number of nitrogens with zero attached hydrogens (tertiary/aromatic N) is 1. The van der Waals surface area contributed by atoms with Crippen molar-refractivity contribution in [2.75, 3.05) is 18.9 Å². The topological polar surface area (TPSA) is 74.4 Å². The molecule has 2 N–H and O–H groups in total. The summed E-state index contributed by atoms with van der Waals surface area (Å²) < 4.78 is 5.74. The lowest BCUT2D eigenvalue weighted by Gasteiger charge is -2.16. The van der Waals surface area contributed by atoms with E-state index in [1.807, 2.05) is 54.6 Å². The van der Waals surface area contributed by atoms with Crippen molar-refractivity contribution in [2.45, 2.75) is 0 Å². The normalized spacial score (nSPS) is 10.6. The third kappa shape index (κ3) is 4.33. The molecule has 1 aromatic heterocycles. The molecule has 0 aliphatic carbocycles. The highest BCUT2D eigenvalue weighted by Gasteiger charge is 2.18. The van der Waals surface area contributed by atoms with E-state index in [1.165, 1.54) is 4.90 Å². The standard InChI is InChI=1S/C24H21N3O3/c1-27(24(29)21-15-25-22-10-6-5-9-20(21)22)16-23(28)26-17-11-13-19(14-12-17)30-18-7-3-2-4-8-18/h2-15,25H,16H2,1H3,(H,26,28). The number of carbonyl (C=O) groups is 2. The van der Waals surface area contributed by atoms with Crippen molar-refractivity contribution in [3.8, 4) is 11.5 Å². The Bertz CT molecular complexity index is 1170. The molecule has 6 heteroatoms. The lowest BCUT2D eigenvalue weighted by atomic mass is 10.1. The first-order chi connectivity index (χ1) is 14.6.